The zero-order valence-electron chi connectivity index (χ0n) is 10.4. The highest BCUT2D eigenvalue weighted by Crippen LogP contribution is 2.33. The molecule has 0 aromatic carbocycles. The monoisotopic (exact) mass is 418 g/mol. The van der Waals surface area contributed by atoms with Crippen LogP contribution >= 0.6 is 61.5 Å². The summed E-state index contributed by atoms with van der Waals surface area (Å²) in [5.74, 6) is -0.0817. The zero-order valence-corrected chi connectivity index (χ0v) is 15.2. The van der Waals surface area contributed by atoms with E-state index in [1.165, 1.54) is 22.7 Å². The number of aromatic nitrogens is 1. The molecule has 0 atom stereocenters. The van der Waals surface area contributed by atoms with E-state index in [1.807, 2.05) is 23.6 Å². The summed E-state index contributed by atoms with van der Waals surface area (Å²) in [7, 11) is 0. The standard InChI is InChI=1S/C13H8BrClN2OS3/c14-10-3-2-9(21-10)8-6-19-13(16-8)17-12(18)5-7-1-4-11(15)20-7/h1-4,6H,5H2,(H,16,17,18). The van der Waals surface area contributed by atoms with Crippen LogP contribution in [0.4, 0.5) is 5.13 Å². The smallest absolute Gasteiger partial charge is 0.231 e. The van der Waals surface area contributed by atoms with Crippen molar-refractivity contribution >= 4 is 72.6 Å². The van der Waals surface area contributed by atoms with E-state index >= 15 is 0 Å². The Morgan fingerprint density at radius 2 is 2.14 bits per heavy atom. The van der Waals surface area contributed by atoms with Gasteiger partial charge in [-0.1, -0.05) is 11.6 Å². The predicted octanol–water partition coefficient (Wildman–Crippen LogP) is 5.53. The fourth-order valence-electron chi connectivity index (χ4n) is 1.66. The summed E-state index contributed by atoms with van der Waals surface area (Å²) < 4.78 is 1.75. The number of nitrogens with zero attached hydrogens (tertiary/aromatic N) is 1. The van der Waals surface area contributed by atoms with Gasteiger partial charge < -0.3 is 5.32 Å². The molecule has 8 heteroatoms. The Labute approximate surface area is 146 Å². The third-order valence-corrected chi connectivity index (χ3v) is 6.17. The van der Waals surface area contributed by atoms with Crippen LogP contribution in [0, 0.1) is 0 Å². The molecule has 0 aliphatic heterocycles. The molecule has 3 nitrogen and oxygen atoms in total. The minimum absolute atomic E-state index is 0.0817. The predicted molar refractivity (Wildman–Crippen MR) is 94.8 cm³/mol. The Hall–Kier alpha value is -0.730. The molecule has 0 aliphatic carbocycles. The number of anilines is 1. The molecule has 1 amide bonds. The summed E-state index contributed by atoms with van der Waals surface area (Å²) in [5, 5.41) is 5.38. The molecular formula is C13H8BrClN2OS3. The van der Waals surface area contributed by atoms with Crippen LogP contribution in [0.5, 0.6) is 0 Å². The Kier molecular flexibility index (Phi) is 4.75. The minimum atomic E-state index is -0.0817. The highest BCUT2D eigenvalue weighted by Gasteiger charge is 2.11. The number of hydrogen-bond acceptors (Lipinski definition) is 5. The van der Waals surface area contributed by atoms with Gasteiger partial charge in [0.15, 0.2) is 5.13 Å². The Balaban J connectivity index is 1.65. The first-order chi connectivity index (χ1) is 10.1. The van der Waals surface area contributed by atoms with Crippen LogP contribution < -0.4 is 5.32 Å². The minimum Gasteiger partial charge on any atom is -0.302 e. The number of thiophene rings is 2. The number of rotatable bonds is 4. The Morgan fingerprint density at radius 1 is 1.29 bits per heavy atom. The molecule has 0 saturated carbocycles. The van der Waals surface area contributed by atoms with Gasteiger partial charge in [0.1, 0.15) is 0 Å². The van der Waals surface area contributed by atoms with Gasteiger partial charge in [-0.15, -0.1) is 34.0 Å². The molecule has 21 heavy (non-hydrogen) atoms. The summed E-state index contributed by atoms with van der Waals surface area (Å²) in [5.41, 5.74) is 0.880. The maximum Gasteiger partial charge on any atom is 0.231 e. The van der Waals surface area contributed by atoms with Crippen molar-refractivity contribution in [1.29, 1.82) is 0 Å². The maximum atomic E-state index is 12.0. The molecule has 3 aromatic rings. The van der Waals surface area contributed by atoms with Crippen molar-refractivity contribution in [3.05, 3.63) is 42.6 Å². The van der Waals surface area contributed by atoms with Crippen LogP contribution in [-0.2, 0) is 11.2 Å². The molecule has 0 fully saturated rings. The normalized spacial score (nSPS) is 10.8. The first kappa shape index (κ1) is 15.2. The molecule has 108 valence electrons. The fraction of sp³-hybridized carbons (Fsp3) is 0.0769. The van der Waals surface area contributed by atoms with Gasteiger partial charge in [-0.2, -0.15) is 0 Å². The number of amides is 1. The number of thiazole rings is 1. The van der Waals surface area contributed by atoms with Gasteiger partial charge in [0, 0.05) is 10.3 Å². The molecule has 0 spiro atoms. The van der Waals surface area contributed by atoms with Crippen molar-refractivity contribution in [2.75, 3.05) is 5.32 Å². The number of hydrogen-bond donors (Lipinski definition) is 1. The first-order valence-electron chi connectivity index (χ1n) is 5.85. The lowest BCUT2D eigenvalue weighted by Crippen LogP contribution is -2.13. The van der Waals surface area contributed by atoms with Gasteiger partial charge in [-0.25, -0.2) is 4.98 Å². The molecular weight excluding hydrogens is 412 g/mol. The van der Waals surface area contributed by atoms with E-state index in [0.717, 1.165) is 19.2 Å². The Morgan fingerprint density at radius 3 is 2.81 bits per heavy atom. The van der Waals surface area contributed by atoms with Crippen LogP contribution in [0.3, 0.4) is 0 Å². The second kappa shape index (κ2) is 6.58. The lowest BCUT2D eigenvalue weighted by molar-refractivity contribution is -0.115. The van der Waals surface area contributed by atoms with E-state index < -0.39 is 0 Å². The molecule has 0 unspecified atom stereocenters. The number of nitrogens with one attached hydrogen (secondary N) is 1. The van der Waals surface area contributed by atoms with E-state index in [-0.39, 0.29) is 5.91 Å². The van der Waals surface area contributed by atoms with Gasteiger partial charge >= 0.3 is 0 Å². The fourth-order valence-corrected chi connectivity index (χ4v) is 4.90. The lowest BCUT2D eigenvalue weighted by Gasteiger charge is -1.99. The van der Waals surface area contributed by atoms with Gasteiger partial charge in [0.05, 0.1) is 25.1 Å². The third kappa shape index (κ3) is 3.92. The van der Waals surface area contributed by atoms with E-state index in [9.17, 15) is 4.79 Å². The summed E-state index contributed by atoms with van der Waals surface area (Å²) in [6.45, 7) is 0. The molecule has 0 bridgehead atoms. The topological polar surface area (TPSA) is 42.0 Å². The Bertz CT molecular complexity index is 780. The van der Waals surface area contributed by atoms with Crippen molar-refractivity contribution in [3.8, 4) is 10.6 Å². The maximum absolute atomic E-state index is 12.0. The molecule has 1 N–H and O–H groups in total. The van der Waals surface area contributed by atoms with Gasteiger partial charge in [-0.3, -0.25) is 4.79 Å². The SMILES string of the molecule is O=C(Cc1ccc(Cl)s1)Nc1nc(-c2ccc(Br)s2)cs1. The molecule has 0 aliphatic rings. The van der Waals surface area contributed by atoms with Crippen LogP contribution in [0.1, 0.15) is 4.88 Å². The van der Waals surface area contributed by atoms with Gasteiger partial charge in [0.25, 0.3) is 0 Å². The number of halogens is 2. The van der Waals surface area contributed by atoms with Crippen molar-refractivity contribution in [1.82, 2.24) is 4.98 Å². The quantitative estimate of drug-likeness (QED) is 0.604. The van der Waals surface area contributed by atoms with E-state index in [1.54, 1.807) is 17.4 Å². The molecule has 3 heterocycles. The van der Waals surface area contributed by atoms with Crippen molar-refractivity contribution < 1.29 is 4.79 Å². The average molecular weight is 420 g/mol. The summed E-state index contributed by atoms with van der Waals surface area (Å²) in [6, 6.07) is 7.65. The van der Waals surface area contributed by atoms with Crippen LogP contribution in [0.25, 0.3) is 10.6 Å². The van der Waals surface area contributed by atoms with Crippen molar-refractivity contribution in [2.24, 2.45) is 0 Å². The lowest BCUT2D eigenvalue weighted by atomic mass is 10.3. The number of carbonyl (C=O) groups excluding carboxylic acids is 1. The van der Waals surface area contributed by atoms with Crippen LogP contribution in [0.15, 0.2) is 33.4 Å². The largest absolute Gasteiger partial charge is 0.302 e. The number of carbonyl (C=O) groups is 1. The molecule has 0 saturated heterocycles. The van der Waals surface area contributed by atoms with Crippen LogP contribution in [-0.4, -0.2) is 10.9 Å². The average Bonchev–Trinajstić information content (AvgIpc) is 3.12. The zero-order chi connectivity index (χ0) is 14.8. The second-order valence-corrected chi connectivity index (χ2v) is 9.19. The highest BCUT2D eigenvalue weighted by atomic mass is 79.9. The third-order valence-electron chi connectivity index (χ3n) is 2.54. The summed E-state index contributed by atoms with van der Waals surface area (Å²) in [4.78, 5) is 18.4. The highest BCUT2D eigenvalue weighted by molar-refractivity contribution is 9.11. The van der Waals surface area contributed by atoms with Crippen molar-refractivity contribution in [2.45, 2.75) is 6.42 Å². The van der Waals surface area contributed by atoms with Crippen molar-refractivity contribution in [3.63, 3.8) is 0 Å². The van der Waals surface area contributed by atoms with E-state index in [2.05, 4.69) is 26.2 Å². The summed E-state index contributed by atoms with van der Waals surface area (Å²) in [6.07, 6.45) is 0.316. The van der Waals surface area contributed by atoms with Gasteiger partial charge in [-0.05, 0) is 40.2 Å². The van der Waals surface area contributed by atoms with E-state index in [4.69, 9.17) is 11.6 Å². The molecule has 3 rings (SSSR count). The first-order valence-corrected chi connectivity index (χ1v) is 9.54. The van der Waals surface area contributed by atoms with E-state index in [0.29, 0.717) is 15.9 Å². The van der Waals surface area contributed by atoms with Gasteiger partial charge in [0.2, 0.25) is 5.91 Å². The van der Waals surface area contributed by atoms with Crippen LogP contribution in [0.2, 0.25) is 4.34 Å². The second-order valence-electron chi connectivity index (χ2n) is 4.07. The summed E-state index contributed by atoms with van der Waals surface area (Å²) >= 11 is 13.7. The molecule has 0 radical (unpaired) electrons. The molecule has 3 aromatic heterocycles.